The van der Waals surface area contributed by atoms with Gasteiger partial charge in [-0.1, -0.05) is 0 Å². The number of rotatable bonds is 2. The van der Waals surface area contributed by atoms with E-state index in [0.29, 0.717) is 6.04 Å². The standard InChI is InChI=1S/C16H23N3O3/c1-11-9-17-7-8-19(11)13-6-5-12(10-18-13)14(20)22-15(21)16(2,3)4/h5-6,10-11,17H,7-9H2,1-4H3/t11-/m1/s1. The first-order valence-corrected chi connectivity index (χ1v) is 7.49. The van der Waals surface area contributed by atoms with Crippen LogP contribution in [0.4, 0.5) is 5.82 Å². The molecular weight excluding hydrogens is 282 g/mol. The van der Waals surface area contributed by atoms with Gasteiger partial charge in [0.25, 0.3) is 0 Å². The van der Waals surface area contributed by atoms with E-state index >= 15 is 0 Å². The molecule has 0 amide bonds. The zero-order chi connectivity index (χ0) is 16.3. The molecule has 2 rings (SSSR count). The van der Waals surface area contributed by atoms with E-state index in [9.17, 15) is 9.59 Å². The molecule has 0 unspecified atom stereocenters. The van der Waals surface area contributed by atoms with Crippen molar-refractivity contribution in [2.24, 2.45) is 5.41 Å². The van der Waals surface area contributed by atoms with E-state index in [1.54, 1.807) is 32.9 Å². The van der Waals surface area contributed by atoms with E-state index in [2.05, 4.69) is 22.1 Å². The molecule has 1 fully saturated rings. The predicted octanol–water partition coefficient (Wildman–Crippen LogP) is 1.61. The Morgan fingerprint density at radius 1 is 1.36 bits per heavy atom. The number of nitrogens with zero attached hydrogens (tertiary/aromatic N) is 2. The highest BCUT2D eigenvalue weighted by Crippen LogP contribution is 2.18. The molecule has 0 spiro atoms. The largest absolute Gasteiger partial charge is 0.389 e. The number of aromatic nitrogens is 1. The lowest BCUT2D eigenvalue weighted by molar-refractivity contribution is -0.146. The highest BCUT2D eigenvalue weighted by Gasteiger charge is 2.26. The quantitative estimate of drug-likeness (QED) is 0.661. The molecule has 0 saturated carbocycles. The van der Waals surface area contributed by atoms with Crippen LogP contribution in [0.15, 0.2) is 18.3 Å². The minimum absolute atomic E-state index is 0.282. The second-order valence-corrected chi connectivity index (χ2v) is 6.58. The number of pyridine rings is 1. The highest BCUT2D eigenvalue weighted by atomic mass is 16.6. The molecule has 0 aromatic carbocycles. The number of piperazine rings is 1. The molecule has 6 nitrogen and oxygen atoms in total. The first kappa shape index (κ1) is 16.4. The number of hydrogen-bond acceptors (Lipinski definition) is 6. The number of anilines is 1. The monoisotopic (exact) mass is 305 g/mol. The Kier molecular flexibility index (Phi) is 4.81. The van der Waals surface area contributed by atoms with Crippen LogP contribution in [0.25, 0.3) is 0 Å². The number of hydrogen-bond donors (Lipinski definition) is 1. The molecule has 1 saturated heterocycles. The minimum atomic E-state index is -0.709. The molecule has 1 atom stereocenters. The Labute approximate surface area is 130 Å². The average Bonchev–Trinajstić information content (AvgIpc) is 2.47. The fourth-order valence-corrected chi connectivity index (χ4v) is 2.15. The number of carbonyl (C=O) groups excluding carboxylic acids is 2. The second kappa shape index (κ2) is 6.44. The summed E-state index contributed by atoms with van der Waals surface area (Å²) in [7, 11) is 0. The van der Waals surface area contributed by atoms with Crippen LogP contribution < -0.4 is 10.2 Å². The summed E-state index contributed by atoms with van der Waals surface area (Å²) in [6.45, 7) is 9.93. The number of carbonyl (C=O) groups is 2. The van der Waals surface area contributed by atoms with Gasteiger partial charge in [0, 0.05) is 31.9 Å². The fourth-order valence-electron chi connectivity index (χ4n) is 2.15. The van der Waals surface area contributed by atoms with Gasteiger partial charge in [-0.25, -0.2) is 9.78 Å². The smallest absolute Gasteiger partial charge is 0.347 e. The molecule has 2 heterocycles. The van der Waals surface area contributed by atoms with Crippen molar-refractivity contribution in [3.05, 3.63) is 23.9 Å². The molecule has 22 heavy (non-hydrogen) atoms. The topological polar surface area (TPSA) is 71.5 Å². The van der Waals surface area contributed by atoms with Gasteiger partial charge in [0.2, 0.25) is 0 Å². The Morgan fingerprint density at radius 2 is 2.09 bits per heavy atom. The van der Waals surface area contributed by atoms with Crippen LogP contribution in [0.5, 0.6) is 0 Å². The van der Waals surface area contributed by atoms with Gasteiger partial charge in [0.1, 0.15) is 5.82 Å². The fraction of sp³-hybridized carbons (Fsp3) is 0.562. The van der Waals surface area contributed by atoms with Crippen molar-refractivity contribution in [1.82, 2.24) is 10.3 Å². The molecule has 1 aliphatic heterocycles. The lowest BCUT2D eigenvalue weighted by Gasteiger charge is -2.34. The molecule has 6 heteroatoms. The Hall–Kier alpha value is -1.95. The van der Waals surface area contributed by atoms with Crippen LogP contribution >= 0.6 is 0 Å². The lowest BCUT2D eigenvalue weighted by atomic mass is 9.97. The Bertz CT molecular complexity index is 549. The zero-order valence-electron chi connectivity index (χ0n) is 13.5. The van der Waals surface area contributed by atoms with Gasteiger partial charge < -0.3 is 15.0 Å². The summed E-state index contributed by atoms with van der Waals surface area (Å²) in [6.07, 6.45) is 1.46. The Morgan fingerprint density at radius 3 is 2.64 bits per heavy atom. The van der Waals surface area contributed by atoms with Crippen LogP contribution in [0, 0.1) is 5.41 Å². The summed E-state index contributed by atoms with van der Waals surface area (Å²) >= 11 is 0. The Balaban J connectivity index is 2.05. The van der Waals surface area contributed by atoms with Gasteiger partial charge >= 0.3 is 11.9 Å². The van der Waals surface area contributed by atoms with Crippen LogP contribution in [-0.2, 0) is 9.53 Å². The maximum absolute atomic E-state index is 11.9. The number of ether oxygens (including phenoxy) is 1. The summed E-state index contributed by atoms with van der Waals surface area (Å²) < 4.78 is 4.87. The van der Waals surface area contributed by atoms with E-state index in [4.69, 9.17) is 4.74 Å². The summed E-state index contributed by atoms with van der Waals surface area (Å²) in [5, 5.41) is 3.32. The van der Waals surface area contributed by atoms with E-state index in [-0.39, 0.29) is 5.56 Å². The van der Waals surface area contributed by atoms with Gasteiger partial charge in [-0.3, -0.25) is 4.79 Å². The minimum Gasteiger partial charge on any atom is -0.389 e. The third kappa shape index (κ3) is 3.82. The van der Waals surface area contributed by atoms with E-state index in [1.165, 1.54) is 6.20 Å². The van der Waals surface area contributed by atoms with Crippen molar-refractivity contribution >= 4 is 17.8 Å². The van der Waals surface area contributed by atoms with Crippen molar-refractivity contribution in [3.63, 3.8) is 0 Å². The van der Waals surface area contributed by atoms with Crippen LogP contribution in [0.1, 0.15) is 38.1 Å². The molecule has 1 aromatic rings. The van der Waals surface area contributed by atoms with Crippen molar-refractivity contribution in [2.45, 2.75) is 33.7 Å². The maximum atomic E-state index is 11.9. The van der Waals surface area contributed by atoms with Crippen molar-refractivity contribution < 1.29 is 14.3 Å². The van der Waals surface area contributed by atoms with E-state index in [0.717, 1.165) is 25.5 Å². The molecular formula is C16H23N3O3. The molecule has 0 radical (unpaired) electrons. The number of esters is 2. The van der Waals surface area contributed by atoms with Crippen LogP contribution in [0.3, 0.4) is 0 Å². The van der Waals surface area contributed by atoms with Crippen LogP contribution in [0.2, 0.25) is 0 Å². The number of nitrogens with one attached hydrogen (secondary N) is 1. The third-order valence-electron chi connectivity index (χ3n) is 3.58. The highest BCUT2D eigenvalue weighted by molar-refractivity contribution is 5.97. The molecule has 0 bridgehead atoms. The predicted molar refractivity (Wildman–Crippen MR) is 83.8 cm³/mol. The molecule has 120 valence electrons. The van der Waals surface area contributed by atoms with Crippen molar-refractivity contribution in [3.8, 4) is 0 Å². The van der Waals surface area contributed by atoms with Gasteiger partial charge in [0.05, 0.1) is 11.0 Å². The van der Waals surface area contributed by atoms with Crippen molar-refractivity contribution in [2.75, 3.05) is 24.5 Å². The van der Waals surface area contributed by atoms with Crippen molar-refractivity contribution in [1.29, 1.82) is 0 Å². The normalized spacial score (nSPS) is 18.9. The summed E-state index contributed by atoms with van der Waals surface area (Å²) in [5.74, 6) is -0.377. The molecule has 0 aliphatic carbocycles. The molecule has 1 N–H and O–H groups in total. The summed E-state index contributed by atoms with van der Waals surface area (Å²) in [6, 6.07) is 3.79. The zero-order valence-corrected chi connectivity index (χ0v) is 13.5. The van der Waals surface area contributed by atoms with Gasteiger partial charge in [-0.2, -0.15) is 0 Å². The summed E-state index contributed by atoms with van der Waals surface area (Å²) in [4.78, 5) is 30.2. The summed E-state index contributed by atoms with van der Waals surface area (Å²) in [5.41, 5.74) is -0.427. The van der Waals surface area contributed by atoms with Gasteiger partial charge in [-0.05, 0) is 39.8 Å². The third-order valence-corrected chi connectivity index (χ3v) is 3.58. The average molecular weight is 305 g/mol. The first-order valence-electron chi connectivity index (χ1n) is 7.49. The van der Waals surface area contributed by atoms with E-state index < -0.39 is 17.4 Å². The SMILES string of the molecule is C[C@@H]1CNCCN1c1ccc(C(=O)OC(=O)C(C)(C)C)cn1. The maximum Gasteiger partial charge on any atom is 0.347 e. The van der Waals surface area contributed by atoms with Crippen LogP contribution in [-0.4, -0.2) is 42.6 Å². The first-order chi connectivity index (χ1) is 10.3. The second-order valence-electron chi connectivity index (χ2n) is 6.58. The van der Waals surface area contributed by atoms with E-state index in [1.807, 2.05) is 0 Å². The van der Waals surface area contributed by atoms with Gasteiger partial charge in [0.15, 0.2) is 0 Å². The molecule has 1 aromatic heterocycles. The van der Waals surface area contributed by atoms with Gasteiger partial charge in [-0.15, -0.1) is 0 Å². The lowest BCUT2D eigenvalue weighted by Crippen LogP contribution is -2.50. The molecule has 1 aliphatic rings.